The van der Waals surface area contributed by atoms with E-state index < -0.39 is 6.03 Å². The highest BCUT2D eigenvalue weighted by atomic mass is 32.1. The Hall–Kier alpha value is -3.07. The quantitative estimate of drug-likeness (QED) is 0.591. The number of hydrogen-bond acceptors (Lipinski definition) is 6. The van der Waals surface area contributed by atoms with Crippen molar-refractivity contribution in [1.82, 2.24) is 20.5 Å². The fraction of sp³-hybridized carbons (Fsp3) is 0.350. The van der Waals surface area contributed by atoms with E-state index in [0.29, 0.717) is 22.3 Å². The van der Waals surface area contributed by atoms with Gasteiger partial charge in [0.05, 0.1) is 17.7 Å². The molecule has 1 saturated carbocycles. The summed E-state index contributed by atoms with van der Waals surface area (Å²) in [5, 5.41) is 18.6. The van der Waals surface area contributed by atoms with Crippen LogP contribution in [0.4, 0.5) is 15.6 Å². The topological polar surface area (TPSA) is 109 Å². The highest BCUT2D eigenvalue weighted by Crippen LogP contribution is 2.35. The number of aromatic nitrogens is 3. The summed E-state index contributed by atoms with van der Waals surface area (Å²) >= 11 is 1.40. The number of para-hydroxylation sites is 1. The maximum absolute atomic E-state index is 12.2. The molecule has 1 fully saturated rings. The molecule has 150 valence electrons. The van der Waals surface area contributed by atoms with Gasteiger partial charge in [0.25, 0.3) is 0 Å². The van der Waals surface area contributed by atoms with Crippen molar-refractivity contribution in [3.05, 3.63) is 41.5 Å². The second-order valence-corrected chi connectivity index (χ2v) is 8.03. The van der Waals surface area contributed by atoms with Gasteiger partial charge in [-0.05, 0) is 25.0 Å². The number of anilines is 2. The van der Waals surface area contributed by atoms with Crippen LogP contribution >= 0.6 is 11.3 Å². The lowest BCUT2D eigenvalue weighted by atomic mass is 9.90. The first kappa shape index (κ1) is 19.3. The molecule has 0 spiro atoms. The zero-order valence-electron chi connectivity index (χ0n) is 15.9. The lowest BCUT2D eigenvalue weighted by Gasteiger charge is -2.18. The van der Waals surface area contributed by atoms with Crippen LogP contribution in [-0.4, -0.2) is 33.7 Å². The summed E-state index contributed by atoms with van der Waals surface area (Å²) in [7, 11) is 0. The first-order chi connectivity index (χ1) is 14.2. The maximum atomic E-state index is 12.2. The average molecular weight is 411 g/mol. The summed E-state index contributed by atoms with van der Waals surface area (Å²) in [6, 6.07) is 8.83. The van der Waals surface area contributed by atoms with Crippen LogP contribution in [0.25, 0.3) is 10.9 Å². The number of carbonyl (C=O) groups excluding carboxylic acids is 2. The standard InChI is InChI=1S/C20H22N6O2S/c27-16(23-15-10-4-8-13-9-5-11-21-17(13)15)12-22-19(28)24-20-26-25-18(29-20)14-6-2-1-3-7-14/h4-5,8-11,14H,1-3,6-7,12H2,(H,23,27)(H2,22,24,26,28). The van der Waals surface area contributed by atoms with E-state index in [0.717, 1.165) is 23.2 Å². The number of benzene rings is 1. The number of pyridine rings is 1. The van der Waals surface area contributed by atoms with Crippen molar-refractivity contribution in [3.8, 4) is 0 Å². The number of hydrogen-bond donors (Lipinski definition) is 3. The fourth-order valence-electron chi connectivity index (χ4n) is 3.50. The Labute approximate surface area is 172 Å². The number of urea groups is 1. The van der Waals surface area contributed by atoms with E-state index >= 15 is 0 Å². The van der Waals surface area contributed by atoms with E-state index in [4.69, 9.17) is 0 Å². The third-order valence-electron chi connectivity index (χ3n) is 4.93. The Kier molecular flexibility index (Phi) is 5.95. The molecule has 0 atom stereocenters. The second kappa shape index (κ2) is 8.95. The molecule has 3 N–H and O–H groups in total. The molecule has 2 aromatic heterocycles. The molecule has 9 heteroatoms. The summed E-state index contributed by atoms with van der Waals surface area (Å²) in [6.07, 6.45) is 7.64. The van der Waals surface area contributed by atoms with Crippen molar-refractivity contribution in [2.24, 2.45) is 0 Å². The molecule has 2 heterocycles. The third kappa shape index (κ3) is 4.86. The van der Waals surface area contributed by atoms with E-state index in [1.807, 2.05) is 24.3 Å². The van der Waals surface area contributed by atoms with Crippen LogP contribution in [0, 0.1) is 0 Å². The first-order valence-electron chi connectivity index (χ1n) is 9.71. The van der Waals surface area contributed by atoms with Crippen molar-refractivity contribution >= 4 is 45.0 Å². The third-order valence-corrected chi connectivity index (χ3v) is 5.93. The summed E-state index contributed by atoms with van der Waals surface area (Å²) in [4.78, 5) is 28.6. The van der Waals surface area contributed by atoms with Gasteiger partial charge in [0.2, 0.25) is 11.0 Å². The molecule has 1 aliphatic rings. The number of nitrogens with zero attached hydrogens (tertiary/aromatic N) is 3. The van der Waals surface area contributed by atoms with Gasteiger partial charge in [-0.3, -0.25) is 15.1 Å². The average Bonchev–Trinajstić information content (AvgIpc) is 3.22. The molecule has 1 aliphatic carbocycles. The van der Waals surface area contributed by atoms with Crippen LogP contribution in [0.2, 0.25) is 0 Å². The van der Waals surface area contributed by atoms with Gasteiger partial charge in [0.1, 0.15) is 5.01 Å². The predicted octanol–water partition coefficient (Wildman–Crippen LogP) is 3.89. The van der Waals surface area contributed by atoms with Crippen LogP contribution in [0.15, 0.2) is 36.5 Å². The lowest BCUT2D eigenvalue weighted by molar-refractivity contribution is -0.115. The number of fused-ring (bicyclic) bond motifs is 1. The summed E-state index contributed by atoms with van der Waals surface area (Å²) in [6.45, 7) is -0.163. The molecule has 3 amide bonds. The van der Waals surface area contributed by atoms with Crippen molar-refractivity contribution in [2.45, 2.75) is 38.0 Å². The molecule has 8 nitrogen and oxygen atoms in total. The van der Waals surface area contributed by atoms with Gasteiger partial charge < -0.3 is 10.6 Å². The van der Waals surface area contributed by atoms with Gasteiger partial charge in [-0.15, -0.1) is 10.2 Å². The van der Waals surface area contributed by atoms with E-state index in [9.17, 15) is 9.59 Å². The number of carbonyl (C=O) groups is 2. The zero-order valence-corrected chi connectivity index (χ0v) is 16.7. The molecule has 1 aromatic carbocycles. The minimum Gasteiger partial charge on any atom is -0.329 e. The highest BCUT2D eigenvalue weighted by Gasteiger charge is 2.20. The Morgan fingerprint density at radius 1 is 1.03 bits per heavy atom. The van der Waals surface area contributed by atoms with E-state index in [2.05, 4.69) is 31.1 Å². The van der Waals surface area contributed by atoms with Crippen LogP contribution in [0.1, 0.15) is 43.0 Å². The fourth-order valence-corrected chi connectivity index (χ4v) is 4.41. The van der Waals surface area contributed by atoms with Crippen LogP contribution < -0.4 is 16.0 Å². The zero-order chi connectivity index (χ0) is 20.1. The van der Waals surface area contributed by atoms with Crippen LogP contribution in [0.5, 0.6) is 0 Å². The molecular weight excluding hydrogens is 388 g/mol. The van der Waals surface area contributed by atoms with E-state index in [1.54, 1.807) is 12.3 Å². The summed E-state index contributed by atoms with van der Waals surface area (Å²) in [5.74, 6) is 0.110. The SMILES string of the molecule is O=C(CNC(=O)Nc1nnc(C2CCCCC2)s1)Nc1cccc2cccnc12. The minimum atomic E-state index is -0.484. The Morgan fingerprint density at radius 2 is 1.86 bits per heavy atom. The predicted molar refractivity (Wildman–Crippen MR) is 113 cm³/mol. The molecule has 29 heavy (non-hydrogen) atoms. The number of nitrogens with one attached hydrogen (secondary N) is 3. The minimum absolute atomic E-state index is 0.163. The molecule has 0 saturated heterocycles. The molecular formula is C20H22N6O2S. The normalized spacial score (nSPS) is 14.5. The number of amides is 3. The van der Waals surface area contributed by atoms with Crippen molar-refractivity contribution in [1.29, 1.82) is 0 Å². The highest BCUT2D eigenvalue weighted by molar-refractivity contribution is 7.15. The first-order valence-corrected chi connectivity index (χ1v) is 10.5. The van der Waals surface area contributed by atoms with Gasteiger partial charge in [-0.25, -0.2) is 4.79 Å². The Balaban J connectivity index is 1.28. The van der Waals surface area contributed by atoms with Gasteiger partial charge >= 0.3 is 6.03 Å². The monoisotopic (exact) mass is 410 g/mol. The molecule has 0 aliphatic heterocycles. The number of rotatable bonds is 5. The van der Waals surface area contributed by atoms with E-state index in [1.165, 1.54) is 30.6 Å². The molecule has 3 aromatic rings. The molecule has 0 radical (unpaired) electrons. The molecule has 0 bridgehead atoms. The van der Waals surface area contributed by atoms with Crippen molar-refractivity contribution in [3.63, 3.8) is 0 Å². The van der Waals surface area contributed by atoms with Gasteiger partial charge in [-0.2, -0.15) is 0 Å². The van der Waals surface area contributed by atoms with Gasteiger partial charge in [0, 0.05) is 17.5 Å². The van der Waals surface area contributed by atoms with E-state index in [-0.39, 0.29) is 12.5 Å². The summed E-state index contributed by atoms with van der Waals surface area (Å²) < 4.78 is 0. The van der Waals surface area contributed by atoms with Gasteiger partial charge in [-0.1, -0.05) is 48.8 Å². The van der Waals surface area contributed by atoms with Gasteiger partial charge in [0.15, 0.2) is 0 Å². The van der Waals surface area contributed by atoms with Crippen molar-refractivity contribution in [2.75, 3.05) is 17.2 Å². The molecule has 0 unspecified atom stereocenters. The Morgan fingerprint density at radius 3 is 2.72 bits per heavy atom. The van der Waals surface area contributed by atoms with Crippen LogP contribution in [-0.2, 0) is 4.79 Å². The summed E-state index contributed by atoms with van der Waals surface area (Å²) in [5.41, 5.74) is 1.31. The van der Waals surface area contributed by atoms with Crippen LogP contribution in [0.3, 0.4) is 0 Å². The maximum Gasteiger partial charge on any atom is 0.321 e. The smallest absolute Gasteiger partial charge is 0.321 e. The molecule has 4 rings (SSSR count). The van der Waals surface area contributed by atoms with Crippen molar-refractivity contribution < 1.29 is 9.59 Å². The Bertz CT molecular complexity index is 1010. The second-order valence-electron chi connectivity index (χ2n) is 7.02. The largest absolute Gasteiger partial charge is 0.329 e. The lowest BCUT2D eigenvalue weighted by Crippen LogP contribution is -2.35.